The van der Waals surface area contributed by atoms with Crippen LogP contribution in [0.5, 0.6) is 0 Å². The summed E-state index contributed by atoms with van der Waals surface area (Å²) in [7, 11) is 0. The minimum atomic E-state index is 0. The van der Waals surface area contributed by atoms with Crippen LogP contribution in [0.4, 0.5) is 0 Å². The quantitative estimate of drug-likeness (QED) is 0.575. The molecular weight excluding hydrogens is 227 g/mol. The van der Waals surface area contributed by atoms with E-state index in [2.05, 4.69) is 0 Å². The summed E-state index contributed by atoms with van der Waals surface area (Å²) in [5.74, 6) is 0. The van der Waals surface area contributed by atoms with Gasteiger partial charge in [0.05, 0.1) is 0 Å². The van der Waals surface area contributed by atoms with Gasteiger partial charge in [-0.25, -0.2) is 0 Å². The van der Waals surface area contributed by atoms with Gasteiger partial charge >= 0.3 is 0 Å². The molecule has 0 rings (SSSR count). The van der Waals surface area contributed by atoms with Crippen molar-refractivity contribution in [2.45, 2.75) is 0 Å². The van der Waals surface area contributed by atoms with Gasteiger partial charge in [-0.3, -0.25) is 0 Å². The van der Waals surface area contributed by atoms with Gasteiger partial charge in [0.2, 0.25) is 0 Å². The molecular formula is H4Br2OV. The Bertz CT molecular complexity index is 6.00. The first kappa shape index (κ1) is 49.3. The summed E-state index contributed by atoms with van der Waals surface area (Å²) in [4.78, 5) is 0. The summed E-state index contributed by atoms with van der Waals surface area (Å²) in [6, 6.07) is 0. The molecule has 0 aliphatic carbocycles. The van der Waals surface area contributed by atoms with Crippen molar-refractivity contribution in [3.63, 3.8) is 0 Å². The molecule has 0 aliphatic rings. The van der Waals surface area contributed by atoms with Crippen molar-refractivity contribution in [3.05, 3.63) is 0 Å². The molecule has 1 nitrogen and oxygen atoms in total. The zero-order valence-electron chi connectivity index (χ0n) is 1.76. The molecule has 0 saturated carbocycles. The molecule has 0 aromatic heterocycles. The Balaban J connectivity index is 0. The SMILES string of the molecule is Br.Br.O.[V]. The Kier molecular flexibility index (Phi) is 302. The summed E-state index contributed by atoms with van der Waals surface area (Å²) in [6.45, 7) is 0. The number of halogens is 2. The predicted octanol–water partition coefficient (Wildman–Crippen LogP) is 0.329. The maximum atomic E-state index is 0. The van der Waals surface area contributed by atoms with Crippen LogP contribution in [-0.2, 0) is 18.6 Å². The second-order valence-corrected chi connectivity index (χ2v) is 0. The van der Waals surface area contributed by atoms with E-state index in [1.54, 1.807) is 0 Å². The van der Waals surface area contributed by atoms with Gasteiger partial charge in [-0.2, -0.15) is 0 Å². The smallest absolute Gasteiger partial charge is 0 e. The summed E-state index contributed by atoms with van der Waals surface area (Å²) in [6.07, 6.45) is 0. The Morgan fingerprint density at radius 1 is 0.750 bits per heavy atom. The van der Waals surface area contributed by atoms with Crippen molar-refractivity contribution in [1.29, 1.82) is 0 Å². The molecule has 29 valence electrons. The third-order valence-electron chi connectivity index (χ3n) is 0. The van der Waals surface area contributed by atoms with E-state index < -0.39 is 0 Å². The molecule has 0 atom stereocenters. The molecule has 0 fully saturated rings. The zero-order valence-corrected chi connectivity index (χ0v) is 6.59. The molecule has 4 heteroatoms. The fourth-order valence-corrected chi connectivity index (χ4v) is 0. The van der Waals surface area contributed by atoms with Gasteiger partial charge < -0.3 is 5.48 Å². The van der Waals surface area contributed by atoms with Crippen LogP contribution in [0.2, 0.25) is 0 Å². The fourth-order valence-electron chi connectivity index (χ4n) is 0. The monoisotopic (exact) mass is 229 g/mol. The van der Waals surface area contributed by atoms with Crippen LogP contribution in [0, 0.1) is 0 Å². The van der Waals surface area contributed by atoms with Crippen molar-refractivity contribution >= 4 is 34.0 Å². The van der Waals surface area contributed by atoms with E-state index in [1.807, 2.05) is 0 Å². The second kappa shape index (κ2) is 24.4. The molecule has 0 saturated heterocycles. The average molecular weight is 231 g/mol. The fraction of sp³-hybridized carbons (Fsp3) is 0. The summed E-state index contributed by atoms with van der Waals surface area (Å²) in [5, 5.41) is 0. The van der Waals surface area contributed by atoms with Gasteiger partial charge in [-0.05, 0) is 0 Å². The first-order valence-electron chi connectivity index (χ1n) is 0. The maximum absolute atomic E-state index is 0. The number of hydrogen-bond acceptors (Lipinski definition) is 0. The molecule has 2 N–H and O–H groups in total. The molecule has 0 aliphatic heterocycles. The molecule has 0 amide bonds. The van der Waals surface area contributed by atoms with Crippen molar-refractivity contribution in [2.24, 2.45) is 0 Å². The van der Waals surface area contributed by atoms with Gasteiger partial charge in [-0.1, -0.05) is 0 Å². The van der Waals surface area contributed by atoms with E-state index in [4.69, 9.17) is 0 Å². The minimum Gasteiger partial charge on any atom is -0.412 e. The summed E-state index contributed by atoms with van der Waals surface area (Å²) >= 11 is 0. The van der Waals surface area contributed by atoms with Gasteiger partial charge in [0, 0.05) is 18.6 Å². The van der Waals surface area contributed by atoms with Crippen LogP contribution in [0.1, 0.15) is 0 Å². The standard InChI is InChI=1S/2BrH.H2O.V/h2*1H;1H2;. The maximum Gasteiger partial charge on any atom is 0 e. The van der Waals surface area contributed by atoms with Crippen LogP contribution in [0.25, 0.3) is 0 Å². The Labute approximate surface area is 57.9 Å². The van der Waals surface area contributed by atoms with E-state index >= 15 is 0 Å². The van der Waals surface area contributed by atoms with E-state index in [1.165, 1.54) is 0 Å². The van der Waals surface area contributed by atoms with Crippen LogP contribution in [0.3, 0.4) is 0 Å². The predicted molar refractivity (Wildman–Crippen MR) is 24.3 cm³/mol. The largest absolute Gasteiger partial charge is 0.412 e. The molecule has 0 aromatic carbocycles. The van der Waals surface area contributed by atoms with Gasteiger partial charge in [0.1, 0.15) is 0 Å². The van der Waals surface area contributed by atoms with Crippen molar-refractivity contribution in [2.75, 3.05) is 0 Å². The average Bonchev–Trinajstić information content (AvgIpc) is 0. The van der Waals surface area contributed by atoms with Gasteiger partial charge in [0.15, 0.2) is 0 Å². The van der Waals surface area contributed by atoms with E-state index in [-0.39, 0.29) is 58.0 Å². The Morgan fingerprint density at radius 2 is 0.750 bits per heavy atom. The summed E-state index contributed by atoms with van der Waals surface area (Å²) in [5.41, 5.74) is 0. The Morgan fingerprint density at radius 3 is 0.750 bits per heavy atom. The first-order valence-corrected chi connectivity index (χ1v) is 0. The molecule has 0 aromatic rings. The van der Waals surface area contributed by atoms with Gasteiger partial charge in [-0.15, -0.1) is 34.0 Å². The van der Waals surface area contributed by atoms with Crippen molar-refractivity contribution in [3.8, 4) is 0 Å². The van der Waals surface area contributed by atoms with Crippen LogP contribution >= 0.6 is 34.0 Å². The normalized spacial score (nSPS) is 0. The zero-order chi connectivity index (χ0) is 0. The van der Waals surface area contributed by atoms with Crippen molar-refractivity contribution < 1.29 is 24.0 Å². The van der Waals surface area contributed by atoms with E-state index in [0.717, 1.165) is 0 Å². The van der Waals surface area contributed by atoms with Crippen LogP contribution in [-0.4, -0.2) is 5.48 Å². The summed E-state index contributed by atoms with van der Waals surface area (Å²) < 4.78 is 0. The van der Waals surface area contributed by atoms with Crippen LogP contribution in [0.15, 0.2) is 0 Å². The molecule has 0 spiro atoms. The topological polar surface area (TPSA) is 31.5 Å². The third-order valence-corrected chi connectivity index (χ3v) is 0. The van der Waals surface area contributed by atoms with Crippen LogP contribution < -0.4 is 0 Å². The van der Waals surface area contributed by atoms with E-state index in [0.29, 0.717) is 0 Å². The molecule has 0 unspecified atom stereocenters. The Hall–Kier alpha value is 1.50. The van der Waals surface area contributed by atoms with Crippen molar-refractivity contribution in [1.82, 2.24) is 0 Å². The first-order chi connectivity index (χ1) is 0. The minimum absolute atomic E-state index is 0. The number of rotatable bonds is 0. The van der Waals surface area contributed by atoms with Gasteiger partial charge in [0.25, 0.3) is 0 Å². The molecule has 0 bridgehead atoms. The molecule has 4 heavy (non-hydrogen) atoms. The van der Waals surface area contributed by atoms with E-state index in [9.17, 15) is 0 Å². The number of hydrogen-bond donors (Lipinski definition) is 0. The molecule has 0 heterocycles. The second-order valence-electron chi connectivity index (χ2n) is 0. The third kappa shape index (κ3) is 9.71. The molecule has 1 radical (unpaired) electrons.